The zero-order valence-electron chi connectivity index (χ0n) is 8.57. The summed E-state index contributed by atoms with van der Waals surface area (Å²) in [7, 11) is 1.63. The number of methoxy groups -OCH3 is 1. The molecule has 0 fully saturated rings. The number of hydrogen-bond acceptors (Lipinski definition) is 3. The Morgan fingerprint density at radius 1 is 1.43 bits per heavy atom. The number of aliphatic imine (C=N–C) groups is 1. The molecule has 0 saturated heterocycles. The van der Waals surface area contributed by atoms with Gasteiger partial charge in [0, 0.05) is 0 Å². The second-order valence-corrected chi connectivity index (χ2v) is 3.47. The van der Waals surface area contributed by atoms with E-state index in [2.05, 4.69) is 36.2 Å². The van der Waals surface area contributed by atoms with Crippen LogP contribution in [0.1, 0.15) is 25.3 Å². The van der Waals surface area contributed by atoms with Gasteiger partial charge in [-0.3, -0.25) is 0 Å². The summed E-state index contributed by atoms with van der Waals surface area (Å²) in [5, 5.41) is 2.34. The molecule has 1 aromatic rings. The summed E-state index contributed by atoms with van der Waals surface area (Å²) >= 11 is 4.55. The third-order valence-corrected chi connectivity index (χ3v) is 2.13. The van der Waals surface area contributed by atoms with Crippen molar-refractivity contribution < 1.29 is 4.74 Å². The summed E-state index contributed by atoms with van der Waals surface area (Å²) < 4.78 is 5.21. The minimum absolute atomic E-state index is 0.481. The lowest BCUT2D eigenvalue weighted by molar-refractivity contribution is 0.415. The van der Waals surface area contributed by atoms with E-state index in [1.807, 2.05) is 18.2 Å². The first-order valence-electron chi connectivity index (χ1n) is 4.45. The van der Waals surface area contributed by atoms with Gasteiger partial charge in [0.2, 0.25) is 0 Å². The fraction of sp³-hybridized carbons (Fsp3) is 0.364. The van der Waals surface area contributed by atoms with Gasteiger partial charge in [-0.05, 0) is 35.8 Å². The predicted octanol–water partition coefficient (Wildman–Crippen LogP) is 3.55. The molecule has 0 aliphatic carbocycles. The van der Waals surface area contributed by atoms with E-state index in [-0.39, 0.29) is 0 Å². The zero-order chi connectivity index (χ0) is 10.6. The molecule has 1 rings (SSSR count). The third kappa shape index (κ3) is 2.41. The molecule has 2 nitrogen and oxygen atoms in total. The first-order valence-corrected chi connectivity index (χ1v) is 4.85. The van der Waals surface area contributed by atoms with Crippen LogP contribution in [0.15, 0.2) is 23.2 Å². The van der Waals surface area contributed by atoms with Gasteiger partial charge >= 0.3 is 0 Å². The van der Waals surface area contributed by atoms with Gasteiger partial charge in [0.05, 0.1) is 12.3 Å². The Labute approximate surface area is 89.6 Å². The van der Waals surface area contributed by atoms with Gasteiger partial charge in [0.1, 0.15) is 11.4 Å². The van der Waals surface area contributed by atoms with Gasteiger partial charge in [0.15, 0.2) is 0 Å². The van der Waals surface area contributed by atoms with Gasteiger partial charge in [-0.1, -0.05) is 19.9 Å². The summed E-state index contributed by atoms with van der Waals surface area (Å²) in [4.78, 5) is 3.92. The molecule has 0 heterocycles. The molecule has 3 heteroatoms. The maximum absolute atomic E-state index is 5.21. The van der Waals surface area contributed by atoms with Crippen molar-refractivity contribution in [2.75, 3.05) is 7.11 Å². The lowest BCUT2D eigenvalue weighted by Gasteiger charge is -2.09. The minimum atomic E-state index is 0.481. The Balaban J connectivity index is 3.17. The molecule has 0 unspecified atom stereocenters. The van der Waals surface area contributed by atoms with E-state index in [0.29, 0.717) is 5.92 Å². The van der Waals surface area contributed by atoms with Crippen molar-refractivity contribution in [2.24, 2.45) is 4.99 Å². The molecule has 0 radical (unpaired) electrons. The van der Waals surface area contributed by atoms with Crippen molar-refractivity contribution >= 4 is 23.1 Å². The molecule has 14 heavy (non-hydrogen) atoms. The van der Waals surface area contributed by atoms with Gasteiger partial charge in [0.25, 0.3) is 0 Å². The topological polar surface area (TPSA) is 21.6 Å². The number of nitrogens with zero attached hydrogens (tertiary/aromatic N) is 1. The molecule has 0 bridgehead atoms. The second kappa shape index (κ2) is 4.89. The molecule has 0 amide bonds. The first-order chi connectivity index (χ1) is 6.69. The molecule has 0 aliphatic heterocycles. The highest BCUT2D eigenvalue weighted by Gasteiger charge is 2.05. The number of isothiocyanates is 1. The molecule has 1 aromatic carbocycles. The van der Waals surface area contributed by atoms with E-state index in [9.17, 15) is 0 Å². The van der Waals surface area contributed by atoms with Crippen LogP contribution < -0.4 is 4.74 Å². The van der Waals surface area contributed by atoms with E-state index in [4.69, 9.17) is 4.74 Å². The zero-order valence-corrected chi connectivity index (χ0v) is 9.39. The highest BCUT2D eigenvalue weighted by atomic mass is 32.1. The third-order valence-electron chi connectivity index (χ3n) is 2.04. The average molecular weight is 207 g/mol. The number of ether oxygens (including phenoxy) is 1. The largest absolute Gasteiger partial charge is 0.494 e. The monoisotopic (exact) mass is 207 g/mol. The predicted molar refractivity (Wildman–Crippen MR) is 61.8 cm³/mol. The quantitative estimate of drug-likeness (QED) is 0.558. The van der Waals surface area contributed by atoms with Gasteiger partial charge < -0.3 is 4.74 Å². The van der Waals surface area contributed by atoms with Crippen LogP contribution in [0.2, 0.25) is 0 Å². The molecule has 0 atom stereocenters. The van der Waals surface area contributed by atoms with Crippen LogP contribution in [-0.4, -0.2) is 12.3 Å². The van der Waals surface area contributed by atoms with Gasteiger partial charge in [-0.2, -0.15) is 4.99 Å². The Bertz CT molecular complexity index is 368. The van der Waals surface area contributed by atoms with Crippen LogP contribution in [0.5, 0.6) is 5.75 Å². The van der Waals surface area contributed by atoms with E-state index < -0.39 is 0 Å². The number of thiocarbonyl (C=S) groups is 1. The summed E-state index contributed by atoms with van der Waals surface area (Å²) in [6.45, 7) is 4.27. The highest BCUT2D eigenvalue weighted by molar-refractivity contribution is 7.78. The average Bonchev–Trinajstić information content (AvgIpc) is 2.18. The van der Waals surface area contributed by atoms with Crippen LogP contribution >= 0.6 is 12.2 Å². The molecular weight excluding hydrogens is 194 g/mol. The number of rotatable bonds is 3. The fourth-order valence-corrected chi connectivity index (χ4v) is 1.29. The van der Waals surface area contributed by atoms with Crippen molar-refractivity contribution in [3.05, 3.63) is 23.8 Å². The molecule has 0 N–H and O–H groups in total. The lowest BCUT2D eigenvalue weighted by atomic mass is 10.0. The van der Waals surface area contributed by atoms with Crippen LogP contribution in [0.4, 0.5) is 5.69 Å². The molecule has 0 spiro atoms. The van der Waals surface area contributed by atoms with E-state index in [1.165, 1.54) is 5.56 Å². The maximum Gasteiger partial charge on any atom is 0.145 e. The summed E-state index contributed by atoms with van der Waals surface area (Å²) in [6, 6.07) is 5.91. The van der Waals surface area contributed by atoms with E-state index in [1.54, 1.807) is 7.11 Å². The van der Waals surface area contributed by atoms with Crippen LogP contribution in [0, 0.1) is 0 Å². The van der Waals surface area contributed by atoms with Crippen LogP contribution in [0.25, 0.3) is 0 Å². The van der Waals surface area contributed by atoms with Gasteiger partial charge in [-0.15, -0.1) is 0 Å². The molecule has 0 saturated carbocycles. The summed E-state index contributed by atoms with van der Waals surface area (Å²) in [5.74, 6) is 1.22. The minimum Gasteiger partial charge on any atom is -0.494 e. The van der Waals surface area contributed by atoms with Crippen molar-refractivity contribution in [3.63, 3.8) is 0 Å². The highest BCUT2D eigenvalue weighted by Crippen LogP contribution is 2.30. The Morgan fingerprint density at radius 3 is 2.64 bits per heavy atom. The van der Waals surface area contributed by atoms with Crippen LogP contribution in [-0.2, 0) is 0 Å². The van der Waals surface area contributed by atoms with E-state index >= 15 is 0 Å². The molecule has 0 aliphatic rings. The lowest BCUT2D eigenvalue weighted by Crippen LogP contribution is -1.89. The Hall–Kier alpha value is -1.18. The number of hydrogen-bond donors (Lipinski definition) is 0. The number of benzene rings is 1. The van der Waals surface area contributed by atoms with Crippen LogP contribution in [0.3, 0.4) is 0 Å². The summed E-state index contributed by atoms with van der Waals surface area (Å²) in [5.41, 5.74) is 1.96. The molecule has 0 aromatic heterocycles. The Kier molecular flexibility index (Phi) is 3.81. The first kappa shape index (κ1) is 10.9. The molecule has 74 valence electrons. The van der Waals surface area contributed by atoms with E-state index in [0.717, 1.165) is 11.4 Å². The normalized spacial score (nSPS) is 9.71. The fourth-order valence-electron chi connectivity index (χ4n) is 1.19. The summed E-state index contributed by atoms with van der Waals surface area (Å²) in [6.07, 6.45) is 0. The van der Waals surface area contributed by atoms with Crippen molar-refractivity contribution in [1.29, 1.82) is 0 Å². The SMILES string of the molecule is COc1cc(C(C)C)ccc1N=C=S. The van der Waals surface area contributed by atoms with Crippen molar-refractivity contribution in [2.45, 2.75) is 19.8 Å². The molecular formula is C11H13NOS. The van der Waals surface area contributed by atoms with Crippen molar-refractivity contribution in [3.8, 4) is 5.75 Å². The second-order valence-electron chi connectivity index (χ2n) is 3.29. The van der Waals surface area contributed by atoms with Gasteiger partial charge in [-0.25, -0.2) is 0 Å². The standard InChI is InChI=1S/C11H13NOS/c1-8(2)9-4-5-10(12-7-14)11(6-9)13-3/h4-6,8H,1-3H3. The van der Waals surface area contributed by atoms with Crippen molar-refractivity contribution in [1.82, 2.24) is 0 Å². The Morgan fingerprint density at radius 2 is 2.14 bits per heavy atom. The smallest absolute Gasteiger partial charge is 0.145 e. The maximum atomic E-state index is 5.21.